The Kier molecular flexibility index (Phi) is 4.46. The third-order valence-electron chi connectivity index (χ3n) is 3.56. The summed E-state index contributed by atoms with van der Waals surface area (Å²) in [6, 6.07) is 0.961. The van der Waals surface area contributed by atoms with Crippen LogP contribution in [0.4, 0.5) is 20.2 Å². The molecule has 0 radical (unpaired) electrons. The molecule has 0 spiro atoms. The van der Waals surface area contributed by atoms with Gasteiger partial charge < -0.3 is 11.1 Å². The number of nitrogens with two attached hydrogens (primary N) is 1. The molecule has 0 heterocycles. The fourth-order valence-electron chi connectivity index (χ4n) is 2.52. The highest BCUT2D eigenvalue weighted by Gasteiger charge is 2.28. The number of nitro benzene ring substituents is 1. The number of nitrogens with zero attached hydrogens (tertiary/aromatic N) is 1. The standard InChI is InChI=1S/C13H15F2N3O3/c14-8-5-10(15)12(11(6-8)18(20)21)17-13(19)7-2-1-3-9(16)4-7/h5-7,9H,1-4,16H2,(H,17,19). The second kappa shape index (κ2) is 6.13. The Hall–Kier alpha value is -2.09. The van der Waals surface area contributed by atoms with Crippen LogP contribution in [0.15, 0.2) is 12.1 Å². The quantitative estimate of drug-likeness (QED) is 0.661. The fourth-order valence-corrected chi connectivity index (χ4v) is 2.52. The lowest BCUT2D eigenvalue weighted by Gasteiger charge is -2.25. The minimum absolute atomic E-state index is 0.109. The zero-order valence-electron chi connectivity index (χ0n) is 11.1. The number of hydrogen-bond donors (Lipinski definition) is 2. The lowest BCUT2D eigenvalue weighted by molar-refractivity contribution is -0.384. The predicted octanol–water partition coefficient (Wildman–Crippen LogP) is 2.33. The van der Waals surface area contributed by atoms with Crippen LogP contribution in [0.3, 0.4) is 0 Å². The summed E-state index contributed by atoms with van der Waals surface area (Å²) in [6.07, 6.45) is 2.63. The molecule has 0 bridgehead atoms. The average molecular weight is 299 g/mol. The summed E-state index contributed by atoms with van der Waals surface area (Å²) in [5, 5.41) is 13.0. The molecule has 1 aliphatic carbocycles. The summed E-state index contributed by atoms with van der Waals surface area (Å²) in [6.45, 7) is 0. The molecule has 1 aromatic carbocycles. The van der Waals surface area contributed by atoms with Crippen molar-refractivity contribution in [1.82, 2.24) is 0 Å². The van der Waals surface area contributed by atoms with E-state index in [2.05, 4.69) is 5.32 Å². The van der Waals surface area contributed by atoms with Crippen LogP contribution in [0.5, 0.6) is 0 Å². The maximum absolute atomic E-state index is 13.7. The van der Waals surface area contributed by atoms with E-state index in [1.54, 1.807) is 0 Å². The number of anilines is 1. The van der Waals surface area contributed by atoms with Crippen LogP contribution in [-0.4, -0.2) is 16.9 Å². The molecule has 3 N–H and O–H groups in total. The Bertz CT molecular complexity index is 580. The van der Waals surface area contributed by atoms with Gasteiger partial charge in [-0.05, 0) is 19.3 Å². The number of nitrogens with one attached hydrogen (secondary N) is 1. The van der Waals surface area contributed by atoms with Gasteiger partial charge in [0.05, 0.1) is 11.0 Å². The van der Waals surface area contributed by atoms with Gasteiger partial charge in [0.1, 0.15) is 5.82 Å². The molecule has 0 aromatic heterocycles. The summed E-state index contributed by atoms with van der Waals surface area (Å²) >= 11 is 0. The number of nitro groups is 1. The minimum Gasteiger partial charge on any atom is -0.328 e. The first-order valence-corrected chi connectivity index (χ1v) is 6.58. The summed E-state index contributed by atoms with van der Waals surface area (Å²) in [7, 11) is 0. The highest BCUT2D eigenvalue weighted by atomic mass is 19.1. The number of halogens is 2. The van der Waals surface area contributed by atoms with Gasteiger partial charge in [0.2, 0.25) is 5.91 Å². The highest BCUT2D eigenvalue weighted by Crippen LogP contribution is 2.31. The van der Waals surface area contributed by atoms with E-state index in [9.17, 15) is 23.7 Å². The third-order valence-corrected chi connectivity index (χ3v) is 3.56. The van der Waals surface area contributed by atoms with E-state index in [0.717, 1.165) is 12.8 Å². The van der Waals surface area contributed by atoms with Crippen molar-refractivity contribution in [2.75, 3.05) is 5.32 Å². The second-order valence-corrected chi connectivity index (χ2v) is 5.15. The van der Waals surface area contributed by atoms with E-state index < -0.39 is 39.8 Å². The van der Waals surface area contributed by atoms with E-state index in [4.69, 9.17) is 5.73 Å². The van der Waals surface area contributed by atoms with Crippen LogP contribution in [0.25, 0.3) is 0 Å². The van der Waals surface area contributed by atoms with Gasteiger partial charge in [0.15, 0.2) is 11.5 Å². The largest absolute Gasteiger partial charge is 0.328 e. The maximum atomic E-state index is 13.7. The van der Waals surface area contributed by atoms with Crippen LogP contribution in [0.1, 0.15) is 25.7 Å². The summed E-state index contributed by atoms with van der Waals surface area (Å²) in [5.41, 5.74) is 4.36. The molecule has 2 atom stereocenters. The van der Waals surface area contributed by atoms with Crippen molar-refractivity contribution in [2.24, 2.45) is 11.7 Å². The highest BCUT2D eigenvalue weighted by molar-refractivity contribution is 5.94. The number of amides is 1. The van der Waals surface area contributed by atoms with Gasteiger partial charge in [-0.2, -0.15) is 0 Å². The van der Waals surface area contributed by atoms with Crippen molar-refractivity contribution in [1.29, 1.82) is 0 Å². The van der Waals surface area contributed by atoms with Crippen molar-refractivity contribution >= 4 is 17.3 Å². The van der Waals surface area contributed by atoms with Gasteiger partial charge in [0, 0.05) is 18.0 Å². The summed E-state index contributed by atoms with van der Waals surface area (Å²) in [4.78, 5) is 22.0. The number of benzene rings is 1. The predicted molar refractivity (Wildman–Crippen MR) is 71.6 cm³/mol. The van der Waals surface area contributed by atoms with Gasteiger partial charge in [-0.25, -0.2) is 8.78 Å². The minimum atomic E-state index is -1.17. The second-order valence-electron chi connectivity index (χ2n) is 5.15. The van der Waals surface area contributed by atoms with E-state index in [1.165, 1.54) is 0 Å². The van der Waals surface area contributed by atoms with E-state index in [-0.39, 0.29) is 6.04 Å². The van der Waals surface area contributed by atoms with Crippen molar-refractivity contribution in [3.8, 4) is 0 Å². The van der Waals surface area contributed by atoms with Crippen molar-refractivity contribution in [2.45, 2.75) is 31.7 Å². The molecule has 0 saturated heterocycles. The molecule has 0 aliphatic heterocycles. The number of rotatable bonds is 3. The molecule has 1 aliphatic rings. The van der Waals surface area contributed by atoms with Gasteiger partial charge in [-0.1, -0.05) is 6.42 Å². The zero-order valence-corrected chi connectivity index (χ0v) is 11.1. The molecule has 2 rings (SSSR count). The lowest BCUT2D eigenvalue weighted by atomic mass is 9.85. The molecule has 6 nitrogen and oxygen atoms in total. The van der Waals surface area contributed by atoms with Crippen LogP contribution in [-0.2, 0) is 4.79 Å². The lowest BCUT2D eigenvalue weighted by Crippen LogP contribution is -2.34. The number of carbonyl (C=O) groups is 1. The molecule has 1 amide bonds. The first kappa shape index (κ1) is 15.3. The number of carbonyl (C=O) groups excluding carboxylic acids is 1. The third kappa shape index (κ3) is 3.52. The zero-order chi connectivity index (χ0) is 15.6. The molecule has 1 fully saturated rings. The van der Waals surface area contributed by atoms with E-state index in [0.29, 0.717) is 25.0 Å². The Balaban J connectivity index is 2.22. The topological polar surface area (TPSA) is 98.3 Å². The fraction of sp³-hybridized carbons (Fsp3) is 0.462. The van der Waals surface area contributed by atoms with Gasteiger partial charge in [-0.3, -0.25) is 14.9 Å². The maximum Gasteiger partial charge on any atom is 0.298 e. The van der Waals surface area contributed by atoms with Crippen LogP contribution < -0.4 is 11.1 Å². The Morgan fingerprint density at radius 3 is 2.71 bits per heavy atom. The molecule has 21 heavy (non-hydrogen) atoms. The van der Waals surface area contributed by atoms with Gasteiger partial charge >= 0.3 is 0 Å². The Morgan fingerprint density at radius 2 is 2.10 bits per heavy atom. The normalized spacial score (nSPS) is 21.9. The molecule has 1 saturated carbocycles. The Morgan fingerprint density at radius 1 is 1.38 bits per heavy atom. The first-order chi connectivity index (χ1) is 9.88. The van der Waals surface area contributed by atoms with Gasteiger partial charge in [-0.15, -0.1) is 0 Å². The molecule has 114 valence electrons. The van der Waals surface area contributed by atoms with Crippen LogP contribution in [0.2, 0.25) is 0 Å². The van der Waals surface area contributed by atoms with Crippen molar-refractivity contribution < 1.29 is 18.5 Å². The van der Waals surface area contributed by atoms with Crippen LogP contribution >= 0.6 is 0 Å². The smallest absolute Gasteiger partial charge is 0.298 e. The molecule has 8 heteroatoms. The first-order valence-electron chi connectivity index (χ1n) is 6.58. The monoisotopic (exact) mass is 299 g/mol. The van der Waals surface area contributed by atoms with E-state index >= 15 is 0 Å². The molecule has 1 aromatic rings. The summed E-state index contributed by atoms with van der Waals surface area (Å²) in [5.74, 6) is -3.19. The van der Waals surface area contributed by atoms with Crippen molar-refractivity contribution in [3.05, 3.63) is 33.9 Å². The average Bonchev–Trinajstić information content (AvgIpc) is 2.41. The molecular weight excluding hydrogens is 284 g/mol. The van der Waals surface area contributed by atoms with E-state index in [1.807, 2.05) is 0 Å². The molecule has 2 unspecified atom stereocenters. The van der Waals surface area contributed by atoms with Gasteiger partial charge in [0.25, 0.3) is 5.69 Å². The molecular formula is C13H15F2N3O3. The van der Waals surface area contributed by atoms with Crippen LogP contribution in [0, 0.1) is 27.7 Å². The Labute approximate surface area is 119 Å². The van der Waals surface area contributed by atoms with Crippen molar-refractivity contribution in [3.63, 3.8) is 0 Å². The summed E-state index contributed by atoms with van der Waals surface area (Å²) < 4.78 is 26.7. The SMILES string of the molecule is NC1CCCC(C(=O)Nc2c(F)cc(F)cc2[N+](=O)[O-])C1. The number of hydrogen-bond acceptors (Lipinski definition) is 4.